The highest BCUT2D eigenvalue weighted by Crippen LogP contribution is 2.23. The van der Waals surface area contributed by atoms with Gasteiger partial charge in [0.05, 0.1) is 6.04 Å². The number of hydrogen-bond donors (Lipinski definition) is 0. The fourth-order valence-electron chi connectivity index (χ4n) is 2.54. The van der Waals surface area contributed by atoms with Crippen LogP contribution in [0.4, 0.5) is 11.8 Å². The highest BCUT2D eigenvalue weighted by molar-refractivity contribution is 5.49. The molecule has 1 aliphatic rings. The molecule has 8 heteroatoms. The molecule has 0 spiro atoms. The van der Waals surface area contributed by atoms with Crippen LogP contribution in [0.1, 0.15) is 5.69 Å². The van der Waals surface area contributed by atoms with Gasteiger partial charge in [-0.3, -0.25) is 0 Å². The molecule has 1 saturated heterocycles. The van der Waals surface area contributed by atoms with E-state index in [-0.39, 0.29) is 0 Å². The van der Waals surface area contributed by atoms with Gasteiger partial charge in [0.15, 0.2) is 5.65 Å². The summed E-state index contributed by atoms with van der Waals surface area (Å²) < 4.78 is 1.69. The minimum atomic E-state index is 0.389. The molecule has 4 heterocycles. The van der Waals surface area contributed by atoms with E-state index in [1.54, 1.807) is 17.0 Å². The Morgan fingerprint density at radius 2 is 2.09 bits per heavy atom. The quantitative estimate of drug-likeness (QED) is 0.698. The molecule has 0 aromatic carbocycles. The summed E-state index contributed by atoms with van der Waals surface area (Å²) in [6, 6.07) is 6.20. The Kier molecular flexibility index (Phi) is 2.88. The lowest BCUT2D eigenvalue weighted by Crippen LogP contribution is -2.59. The van der Waals surface area contributed by atoms with Crippen LogP contribution in [0.15, 0.2) is 30.7 Å². The Hall–Kier alpha value is -2.77. The molecular formula is C14H16N8. The maximum Gasteiger partial charge on any atom is 0.225 e. The summed E-state index contributed by atoms with van der Waals surface area (Å²) in [4.78, 5) is 13.1. The van der Waals surface area contributed by atoms with Crippen LogP contribution in [0.25, 0.3) is 5.65 Å². The van der Waals surface area contributed by atoms with Crippen molar-refractivity contribution in [1.29, 1.82) is 0 Å². The first-order chi connectivity index (χ1) is 10.7. The SMILES string of the molecule is Cc1ccnc(N(C)C2CN(c3ccc4nncn4n3)C2)n1. The van der Waals surface area contributed by atoms with Crippen molar-refractivity contribution in [3.05, 3.63) is 36.4 Å². The van der Waals surface area contributed by atoms with E-state index in [9.17, 15) is 0 Å². The minimum Gasteiger partial charge on any atom is -0.351 e. The highest BCUT2D eigenvalue weighted by atomic mass is 15.4. The van der Waals surface area contributed by atoms with Crippen LogP contribution >= 0.6 is 0 Å². The van der Waals surface area contributed by atoms with Gasteiger partial charge < -0.3 is 9.80 Å². The predicted octanol–water partition coefficient (Wildman–Crippen LogP) is 0.548. The van der Waals surface area contributed by atoms with E-state index in [1.807, 2.05) is 32.2 Å². The van der Waals surface area contributed by atoms with Gasteiger partial charge in [-0.25, -0.2) is 9.97 Å². The van der Waals surface area contributed by atoms with Gasteiger partial charge in [0, 0.05) is 32.0 Å². The fourth-order valence-corrected chi connectivity index (χ4v) is 2.54. The van der Waals surface area contributed by atoms with E-state index in [4.69, 9.17) is 0 Å². The number of aromatic nitrogens is 6. The minimum absolute atomic E-state index is 0.389. The molecule has 0 amide bonds. The van der Waals surface area contributed by atoms with Crippen molar-refractivity contribution < 1.29 is 0 Å². The van der Waals surface area contributed by atoms with E-state index in [1.165, 1.54) is 0 Å². The van der Waals surface area contributed by atoms with Crippen molar-refractivity contribution in [3.63, 3.8) is 0 Å². The summed E-state index contributed by atoms with van der Waals surface area (Å²) in [5.41, 5.74) is 1.74. The van der Waals surface area contributed by atoms with Crippen LogP contribution < -0.4 is 9.80 Å². The molecule has 0 aliphatic carbocycles. The average Bonchev–Trinajstić information content (AvgIpc) is 2.93. The first-order valence-electron chi connectivity index (χ1n) is 7.15. The second-order valence-corrected chi connectivity index (χ2v) is 5.49. The Bertz CT molecular complexity index is 807. The molecule has 0 unspecified atom stereocenters. The van der Waals surface area contributed by atoms with Crippen molar-refractivity contribution >= 4 is 17.4 Å². The van der Waals surface area contributed by atoms with Gasteiger partial charge in [0.25, 0.3) is 0 Å². The molecule has 4 rings (SSSR count). The molecule has 1 fully saturated rings. The zero-order chi connectivity index (χ0) is 15.1. The predicted molar refractivity (Wildman–Crippen MR) is 82.0 cm³/mol. The summed E-state index contributed by atoms with van der Waals surface area (Å²) in [7, 11) is 2.03. The van der Waals surface area contributed by atoms with Gasteiger partial charge in [-0.1, -0.05) is 0 Å². The number of likely N-dealkylation sites (N-methyl/N-ethyl adjacent to an activating group) is 1. The Labute approximate surface area is 127 Å². The number of nitrogens with zero attached hydrogens (tertiary/aromatic N) is 8. The summed E-state index contributed by atoms with van der Waals surface area (Å²) in [5.74, 6) is 1.70. The topological polar surface area (TPSA) is 75.3 Å². The summed E-state index contributed by atoms with van der Waals surface area (Å²) in [6.07, 6.45) is 3.41. The summed E-state index contributed by atoms with van der Waals surface area (Å²) in [5, 5.41) is 12.3. The van der Waals surface area contributed by atoms with Crippen LogP contribution in [-0.2, 0) is 0 Å². The standard InChI is InChI=1S/C14H16N8/c1-10-5-6-15-14(17-10)20(2)11-7-21(8-11)13-4-3-12-18-16-9-22(12)19-13/h3-6,9,11H,7-8H2,1-2H3. The fraction of sp³-hybridized carbons (Fsp3) is 0.357. The molecule has 22 heavy (non-hydrogen) atoms. The van der Waals surface area contributed by atoms with E-state index in [2.05, 4.69) is 35.1 Å². The van der Waals surface area contributed by atoms with E-state index >= 15 is 0 Å². The van der Waals surface area contributed by atoms with Gasteiger partial charge in [-0.15, -0.1) is 15.3 Å². The van der Waals surface area contributed by atoms with Crippen LogP contribution in [0, 0.1) is 6.92 Å². The zero-order valence-electron chi connectivity index (χ0n) is 12.5. The van der Waals surface area contributed by atoms with Crippen molar-refractivity contribution in [2.75, 3.05) is 29.9 Å². The number of anilines is 2. The largest absolute Gasteiger partial charge is 0.351 e. The number of rotatable bonds is 3. The van der Waals surface area contributed by atoms with Crippen LogP contribution in [0.5, 0.6) is 0 Å². The van der Waals surface area contributed by atoms with Gasteiger partial charge in [0.1, 0.15) is 12.1 Å². The lowest BCUT2D eigenvalue weighted by molar-refractivity contribution is 0.484. The lowest BCUT2D eigenvalue weighted by atomic mass is 10.1. The second kappa shape index (κ2) is 4.90. The Morgan fingerprint density at radius 1 is 1.23 bits per heavy atom. The van der Waals surface area contributed by atoms with Crippen molar-refractivity contribution in [2.45, 2.75) is 13.0 Å². The average molecular weight is 296 g/mol. The van der Waals surface area contributed by atoms with Crippen molar-refractivity contribution in [3.8, 4) is 0 Å². The maximum absolute atomic E-state index is 4.51. The van der Waals surface area contributed by atoms with Gasteiger partial charge in [-0.2, -0.15) is 4.52 Å². The van der Waals surface area contributed by atoms with E-state index in [0.717, 1.165) is 36.2 Å². The van der Waals surface area contributed by atoms with Crippen molar-refractivity contribution in [2.24, 2.45) is 0 Å². The summed E-state index contributed by atoms with van der Waals surface area (Å²) in [6.45, 7) is 3.77. The van der Waals surface area contributed by atoms with Gasteiger partial charge in [0.2, 0.25) is 5.95 Å². The smallest absolute Gasteiger partial charge is 0.225 e. The monoisotopic (exact) mass is 296 g/mol. The van der Waals surface area contributed by atoms with Crippen molar-refractivity contribution in [1.82, 2.24) is 29.8 Å². The van der Waals surface area contributed by atoms with Gasteiger partial charge in [-0.05, 0) is 25.1 Å². The van der Waals surface area contributed by atoms with E-state index in [0.29, 0.717) is 6.04 Å². The lowest BCUT2D eigenvalue weighted by Gasteiger charge is -2.44. The third-order valence-corrected chi connectivity index (χ3v) is 3.98. The Morgan fingerprint density at radius 3 is 2.91 bits per heavy atom. The molecule has 0 atom stereocenters. The first kappa shape index (κ1) is 12.9. The molecule has 0 saturated carbocycles. The third-order valence-electron chi connectivity index (χ3n) is 3.98. The molecule has 1 aliphatic heterocycles. The second-order valence-electron chi connectivity index (χ2n) is 5.49. The maximum atomic E-state index is 4.51. The number of hydrogen-bond acceptors (Lipinski definition) is 7. The molecule has 0 radical (unpaired) electrons. The number of fused-ring (bicyclic) bond motifs is 1. The van der Waals surface area contributed by atoms with E-state index < -0.39 is 0 Å². The van der Waals surface area contributed by atoms with Crippen LogP contribution in [0.3, 0.4) is 0 Å². The Balaban J connectivity index is 1.47. The molecule has 8 nitrogen and oxygen atoms in total. The van der Waals surface area contributed by atoms with Crippen LogP contribution in [0.2, 0.25) is 0 Å². The normalized spacial score (nSPS) is 15.1. The van der Waals surface area contributed by atoms with Crippen LogP contribution in [-0.4, -0.2) is 56.0 Å². The van der Waals surface area contributed by atoms with Gasteiger partial charge >= 0.3 is 0 Å². The molecular weight excluding hydrogens is 280 g/mol. The summed E-state index contributed by atoms with van der Waals surface area (Å²) >= 11 is 0. The molecule has 0 bridgehead atoms. The zero-order valence-corrected chi connectivity index (χ0v) is 12.5. The number of aryl methyl sites for hydroxylation is 1. The molecule has 0 N–H and O–H groups in total. The molecule has 112 valence electrons. The highest BCUT2D eigenvalue weighted by Gasteiger charge is 2.32. The molecule has 3 aromatic rings. The molecule has 3 aromatic heterocycles. The third kappa shape index (κ3) is 2.12. The first-order valence-corrected chi connectivity index (χ1v) is 7.15.